The third-order valence-electron chi connectivity index (χ3n) is 4.81. The molecule has 0 aliphatic carbocycles. The molecule has 0 saturated carbocycles. The maximum atomic E-state index is 12.6. The molecule has 0 fully saturated rings. The molecular weight excluding hydrogens is 504 g/mol. The number of amides is 2. The first-order valence-electron chi connectivity index (χ1n) is 10.6. The molecule has 2 aromatic heterocycles. The van der Waals surface area contributed by atoms with Gasteiger partial charge in [0.15, 0.2) is 11.0 Å². The Morgan fingerprint density at radius 3 is 2.53 bits per heavy atom. The molecule has 4 rings (SSSR count). The van der Waals surface area contributed by atoms with Crippen LogP contribution >= 0.6 is 23.1 Å². The fourth-order valence-corrected chi connectivity index (χ4v) is 4.54. The van der Waals surface area contributed by atoms with E-state index in [4.69, 9.17) is 0 Å². The van der Waals surface area contributed by atoms with Crippen LogP contribution in [0.3, 0.4) is 0 Å². The van der Waals surface area contributed by atoms with Gasteiger partial charge in [-0.3, -0.25) is 29.6 Å². The van der Waals surface area contributed by atoms with Gasteiger partial charge in [-0.15, -0.1) is 20.4 Å². The molecule has 0 radical (unpaired) electrons. The molecule has 4 aromatic rings. The van der Waals surface area contributed by atoms with Crippen molar-refractivity contribution in [2.45, 2.75) is 25.5 Å². The summed E-state index contributed by atoms with van der Waals surface area (Å²) in [7, 11) is 0. The molecule has 36 heavy (non-hydrogen) atoms. The highest BCUT2D eigenvalue weighted by atomic mass is 32.2. The van der Waals surface area contributed by atoms with E-state index >= 15 is 0 Å². The molecule has 2 amide bonds. The highest BCUT2D eigenvalue weighted by Gasteiger charge is 2.18. The summed E-state index contributed by atoms with van der Waals surface area (Å²) < 4.78 is 1.77. The SMILES string of the molecule is Cc1cccc(-n2c(CNC(=O)c3ccc([N+](=O)[O-])cc3)nnc2SCC(=O)Nc2nnc(C)s2)c1. The van der Waals surface area contributed by atoms with Crippen molar-refractivity contribution in [3.8, 4) is 5.69 Å². The number of aryl methyl sites for hydroxylation is 2. The highest BCUT2D eigenvalue weighted by molar-refractivity contribution is 7.99. The quantitative estimate of drug-likeness (QED) is 0.190. The van der Waals surface area contributed by atoms with Crippen molar-refractivity contribution in [2.24, 2.45) is 0 Å². The number of hydrogen-bond donors (Lipinski definition) is 2. The van der Waals surface area contributed by atoms with E-state index in [-0.39, 0.29) is 29.5 Å². The normalized spacial score (nSPS) is 10.7. The molecule has 0 bridgehead atoms. The number of carbonyl (C=O) groups is 2. The molecule has 184 valence electrons. The number of nitro benzene ring substituents is 1. The lowest BCUT2D eigenvalue weighted by Crippen LogP contribution is -2.24. The summed E-state index contributed by atoms with van der Waals surface area (Å²) in [5.74, 6) is -0.149. The minimum atomic E-state index is -0.527. The van der Waals surface area contributed by atoms with Crippen LogP contribution in [0.15, 0.2) is 53.7 Å². The van der Waals surface area contributed by atoms with Crippen LogP contribution in [-0.2, 0) is 11.3 Å². The minimum absolute atomic E-state index is 0.0492. The third-order valence-corrected chi connectivity index (χ3v) is 6.50. The molecule has 0 aliphatic heterocycles. The number of non-ortho nitro benzene ring substituents is 1. The van der Waals surface area contributed by atoms with Crippen LogP contribution in [0.2, 0.25) is 0 Å². The summed E-state index contributed by atoms with van der Waals surface area (Å²) in [6.07, 6.45) is 0. The van der Waals surface area contributed by atoms with Crippen LogP contribution in [0.5, 0.6) is 0 Å². The van der Waals surface area contributed by atoms with Crippen molar-refractivity contribution >= 4 is 45.7 Å². The van der Waals surface area contributed by atoms with Crippen molar-refractivity contribution in [3.63, 3.8) is 0 Å². The zero-order valence-corrected chi connectivity index (χ0v) is 20.8. The van der Waals surface area contributed by atoms with E-state index in [0.29, 0.717) is 16.1 Å². The van der Waals surface area contributed by atoms with Crippen LogP contribution in [0.4, 0.5) is 10.8 Å². The second-order valence-corrected chi connectivity index (χ2v) is 9.65. The van der Waals surface area contributed by atoms with E-state index in [2.05, 4.69) is 31.0 Å². The summed E-state index contributed by atoms with van der Waals surface area (Å²) in [6.45, 7) is 3.80. The van der Waals surface area contributed by atoms with Gasteiger partial charge >= 0.3 is 0 Å². The van der Waals surface area contributed by atoms with Gasteiger partial charge in [0.2, 0.25) is 11.0 Å². The lowest BCUT2D eigenvalue weighted by atomic mass is 10.2. The number of aromatic nitrogens is 5. The number of thioether (sulfide) groups is 1. The van der Waals surface area contributed by atoms with Crippen molar-refractivity contribution in [2.75, 3.05) is 11.1 Å². The summed E-state index contributed by atoms with van der Waals surface area (Å²) in [4.78, 5) is 35.3. The maximum absolute atomic E-state index is 12.6. The first-order valence-corrected chi connectivity index (χ1v) is 12.4. The average molecular weight is 525 g/mol. The zero-order valence-electron chi connectivity index (χ0n) is 19.2. The van der Waals surface area contributed by atoms with Crippen LogP contribution in [0.1, 0.15) is 26.8 Å². The fraction of sp³-hybridized carbons (Fsp3) is 0.182. The van der Waals surface area contributed by atoms with Crippen LogP contribution in [-0.4, -0.2) is 47.5 Å². The van der Waals surface area contributed by atoms with Crippen molar-refractivity contribution in [1.82, 2.24) is 30.3 Å². The van der Waals surface area contributed by atoms with E-state index in [1.807, 2.05) is 31.2 Å². The Morgan fingerprint density at radius 2 is 1.86 bits per heavy atom. The number of nitro groups is 1. The van der Waals surface area contributed by atoms with E-state index in [1.165, 1.54) is 47.4 Å². The van der Waals surface area contributed by atoms with Gasteiger partial charge in [0.1, 0.15) is 5.01 Å². The zero-order chi connectivity index (χ0) is 25.7. The van der Waals surface area contributed by atoms with Gasteiger partial charge in [-0.2, -0.15) is 0 Å². The van der Waals surface area contributed by atoms with Gasteiger partial charge in [-0.25, -0.2) is 0 Å². The van der Waals surface area contributed by atoms with E-state index in [9.17, 15) is 19.7 Å². The van der Waals surface area contributed by atoms with E-state index in [1.54, 1.807) is 11.5 Å². The summed E-state index contributed by atoms with van der Waals surface area (Å²) in [5, 5.41) is 34.2. The number of carbonyl (C=O) groups excluding carboxylic acids is 2. The molecule has 0 saturated heterocycles. The second-order valence-electron chi connectivity index (χ2n) is 7.52. The lowest BCUT2D eigenvalue weighted by Gasteiger charge is -2.11. The van der Waals surface area contributed by atoms with Crippen LogP contribution in [0.25, 0.3) is 5.69 Å². The smallest absolute Gasteiger partial charge is 0.269 e. The molecular formula is C22H20N8O4S2. The number of nitrogens with zero attached hydrogens (tertiary/aromatic N) is 6. The van der Waals surface area contributed by atoms with Gasteiger partial charge < -0.3 is 5.32 Å². The van der Waals surface area contributed by atoms with Crippen LogP contribution in [0, 0.1) is 24.0 Å². The molecule has 14 heteroatoms. The first-order chi connectivity index (χ1) is 17.3. The van der Waals surface area contributed by atoms with Gasteiger partial charge in [0.25, 0.3) is 11.6 Å². The van der Waals surface area contributed by atoms with Gasteiger partial charge in [0.05, 0.1) is 17.2 Å². The Morgan fingerprint density at radius 1 is 1.08 bits per heavy atom. The van der Waals surface area contributed by atoms with Gasteiger partial charge in [-0.1, -0.05) is 35.2 Å². The average Bonchev–Trinajstić information content (AvgIpc) is 3.46. The fourth-order valence-electron chi connectivity index (χ4n) is 3.16. The predicted octanol–water partition coefficient (Wildman–Crippen LogP) is 3.30. The van der Waals surface area contributed by atoms with Crippen LogP contribution < -0.4 is 10.6 Å². The summed E-state index contributed by atoms with van der Waals surface area (Å²) in [5.41, 5.74) is 1.97. The lowest BCUT2D eigenvalue weighted by molar-refractivity contribution is -0.384. The summed E-state index contributed by atoms with van der Waals surface area (Å²) in [6, 6.07) is 13.0. The number of rotatable bonds is 9. The number of hydrogen-bond acceptors (Lipinski definition) is 10. The Balaban J connectivity index is 1.49. The van der Waals surface area contributed by atoms with Gasteiger partial charge in [0, 0.05) is 23.4 Å². The van der Waals surface area contributed by atoms with Gasteiger partial charge in [-0.05, 0) is 43.7 Å². The Kier molecular flexibility index (Phi) is 7.65. The van der Waals surface area contributed by atoms with Crippen molar-refractivity contribution < 1.29 is 14.5 Å². The molecule has 2 aromatic carbocycles. The molecule has 0 spiro atoms. The second kappa shape index (κ2) is 11.0. The molecule has 0 unspecified atom stereocenters. The Hall–Kier alpha value is -4.17. The topological polar surface area (TPSA) is 158 Å². The van der Waals surface area contributed by atoms with E-state index in [0.717, 1.165) is 16.3 Å². The van der Waals surface area contributed by atoms with Crippen molar-refractivity contribution in [3.05, 3.63) is 80.6 Å². The first kappa shape index (κ1) is 24.9. The molecule has 2 N–H and O–H groups in total. The third kappa shape index (κ3) is 6.09. The summed E-state index contributed by atoms with van der Waals surface area (Å²) >= 11 is 2.48. The Labute approximate surface area is 213 Å². The maximum Gasteiger partial charge on any atom is 0.269 e. The van der Waals surface area contributed by atoms with Crippen molar-refractivity contribution in [1.29, 1.82) is 0 Å². The molecule has 0 atom stereocenters. The highest BCUT2D eigenvalue weighted by Crippen LogP contribution is 2.24. The molecule has 12 nitrogen and oxygen atoms in total. The standard InChI is InChI=1S/C22H20N8O4S2/c1-13-4-3-5-17(10-13)29-18(11-23-20(32)15-6-8-16(9-7-15)30(33)34)26-28-22(29)35-12-19(31)24-21-27-25-14(2)36-21/h3-10H,11-12H2,1-2H3,(H,23,32)(H,24,27,31). The number of nitrogens with one attached hydrogen (secondary N) is 2. The molecule has 0 aliphatic rings. The Bertz CT molecular complexity index is 1420. The largest absolute Gasteiger partial charge is 0.345 e. The number of anilines is 1. The monoisotopic (exact) mass is 524 g/mol. The predicted molar refractivity (Wildman–Crippen MR) is 134 cm³/mol. The molecule has 2 heterocycles. The van der Waals surface area contributed by atoms with E-state index < -0.39 is 10.8 Å². The minimum Gasteiger partial charge on any atom is -0.345 e. The number of benzene rings is 2.